The van der Waals surface area contributed by atoms with Gasteiger partial charge >= 0.3 is 5.97 Å². The lowest BCUT2D eigenvalue weighted by Gasteiger charge is -2.30. The van der Waals surface area contributed by atoms with Gasteiger partial charge in [0.2, 0.25) is 0 Å². The number of ether oxygens (including phenoxy) is 1. The highest BCUT2D eigenvalue weighted by atomic mass is 32.2. The SMILES string of the molecule is COC(=O)C1=C(O)c2ccccc2SN1Cc1ccccc1. The van der Waals surface area contributed by atoms with Crippen LogP contribution >= 0.6 is 11.9 Å². The summed E-state index contributed by atoms with van der Waals surface area (Å²) in [6.45, 7) is 0.494. The van der Waals surface area contributed by atoms with Crippen LogP contribution in [0.2, 0.25) is 0 Å². The minimum absolute atomic E-state index is 0.0443. The number of aliphatic hydroxyl groups is 1. The van der Waals surface area contributed by atoms with Gasteiger partial charge in [0, 0.05) is 10.5 Å². The summed E-state index contributed by atoms with van der Waals surface area (Å²) in [5, 5.41) is 10.5. The van der Waals surface area contributed by atoms with Gasteiger partial charge in [-0.05, 0) is 29.6 Å². The van der Waals surface area contributed by atoms with Gasteiger partial charge in [-0.1, -0.05) is 42.5 Å². The molecule has 0 unspecified atom stereocenters. The van der Waals surface area contributed by atoms with Crippen molar-refractivity contribution < 1.29 is 14.6 Å². The molecule has 1 aliphatic heterocycles. The fourth-order valence-electron chi connectivity index (χ4n) is 2.31. The second-order valence-electron chi connectivity index (χ2n) is 4.80. The Morgan fingerprint density at radius 1 is 1.14 bits per heavy atom. The molecule has 0 bridgehead atoms. The third kappa shape index (κ3) is 2.67. The average molecular weight is 313 g/mol. The molecule has 5 heteroatoms. The van der Waals surface area contributed by atoms with Crippen molar-refractivity contribution in [3.63, 3.8) is 0 Å². The predicted octanol–water partition coefficient (Wildman–Crippen LogP) is 3.61. The quantitative estimate of drug-likeness (QED) is 0.693. The van der Waals surface area contributed by atoms with E-state index in [1.54, 1.807) is 10.4 Å². The standard InChI is InChI=1S/C17H15NO3S/c1-21-17(20)15-16(19)13-9-5-6-10-14(13)22-18(15)11-12-7-3-2-4-8-12/h2-10,19H,11H2,1H3. The van der Waals surface area contributed by atoms with Crippen molar-refractivity contribution in [3.8, 4) is 0 Å². The predicted molar refractivity (Wildman–Crippen MR) is 85.8 cm³/mol. The van der Waals surface area contributed by atoms with Gasteiger partial charge in [-0.25, -0.2) is 4.79 Å². The van der Waals surface area contributed by atoms with Crippen LogP contribution in [0, 0.1) is 0 Å². The van der Waals surface area contributed by atoms with E-state index in [4.69, 9.17) is 4.74 Å². The summed E-state index contributed by atoms with van der Waals surface area (Å²) in [4.78, 5) is 13.0. The van der Waals surface area contributed by atoms with Gasteiger partial charge in [0.1, 0.15) is 0 Å². The van der Waals surface area contributed by atoms with Crippen molar-refractivity contribution >= 4 is 23.7 Å². The molecule has 1 N–H and O–H groups in total. The molecule has 0 aromatic heterocycles. The summed E-state index contributed by atoms with van der Waals surface area (Å²) >= 11 is 1.42. The molecule has 0 saturated heterocycles. The Balaban J connectivity index is 2.02. The average Bonchev–Trinajstić information content (AvgIpc) is 2.55. The minimum atomic E-state index is -0.546. The van der Waals surface area contributed by atoms with Crippen molar-refractivity contribution in [2.75, 3.05) is 7.11 Å². The first-order chi connectivity index (χ1) is 10.7. The smallest absolute Gasteiger partial charge is 0.359 e. The second kappa shape index (κ2) is 6.15. The Morgan fingerprint density at radius 3 is 2.55 bits per heavy atom. The maximum absolute atomic E-state index is 12.1. The van der Waals surface area contributed by atoms with Crippen LogP contribution in [0.5, 0.6) is 0 Å². The van der Waals surface area contributed by atoms with Crippen molar-refractivity contribution in [2.45, 2.75) is 11.4 Å². The Labute approximate surface area is 133 Å². The van der Waals surface area contributed by atoms with Crippen LogP contribution in [0.3, 0.4) is 0 Å². The lowest BCUT2D eigenvalue weighted by atomic mass is 10.1. The van der Waals surface area contributed by atoms with Gasteiger partial charge in [0.05, 0.1) is 13.7 Å². The lowest BCUT2D eigenvalue weighted by Crippen LogP contribution is -2.26. The minimum Gasteiger partial charge on any atom is -0.505 e. The van der Waals surface area contributed by atoms with E-state index < -0.39 is 5.97 Å². The maximum Gasteiger partial charge on any atom is 0.359 e. The van der Waals surface area contributed by atoms with E-state index in [1.165, 1.54) is 19.1 Å². The third-order valence-electron chi connectivity index (χ3n) is 3.37. The maximum atomic E-state index is 12.1. The molecule has 0 amide bonds. The van der Waals surface area contributed by atoms with Gasteiger partial charge in [0.15, 0.2) is 11.5 Å². The van der Waals surface area contributed by atoms with Gasteiger partial charge in [-0.3, -0.25) is 4.31 Å². The molecule has 1 aliphatic rings. The Bertz CT molecular complexity index is 728. The van der Waals surface area contributed by atoms with Crippen molar-refractivity contribution in [2.24, 2.45) is 0 Å². The number of nitrogens with zero attached hydrogens (tertiary/aromatic N) is 1. The molecule has 0 aliphatic carbocycles. The van der Waals surface area contributed by atoms with Crippen LogP contribution in [0.25, 0.3) is 5.76 Å². The fourth-order valence-corrected chi connectivity index (χ4v) is 3.41. The highest BCUT2D eigenvalue weighted by molar-refractivity contribution is 7.97. The monoisotopic (exact) mass is 313 g/mol. The molecule has 0 saturated carbocycles. The number of hydrogen-bond acceptors (Lipinski definition) is 5. The van der Waals surface area contributed by atoms with Crippen LogP contribution in [-0.4, -0.2) is 22.5 Å². The molecule has 0 atom stereocenters. The van der Waals surface area contributed by atoms with Crippen LogP contribution in [0.4, 0.5) is 0 Å². The van der Waals surface area contributed by atoms with Crippen molar-refractivity contribution in [1.29, 1.82) is 0 Å². The molecule has 4 nitrogen and oxygen atoms in total. The molecule has 2 aromatic rings. The molecule has 2 aromatic carbocycles. The van der Waals surface area contributed by atoms with Crippen LogP contribution in [0.1, 0.15) is 11.1 Å². The molecule has 22 heavy (non-hydrogen) atoms. The van der Waals surface area contributed by atoms with E-state index in [1.807, 2.05) is 48.5 Å². The van der Waals surface area contributed by atoms with E-state index in [2.05, 4.69) is 0 Å². The van der Waals surface area contributed by atoms with E-state index in [0.29, 0.717) is 12.1 Å². The molecule has 0 radical (unpaired) electrons. The topological polar surface area (TPSA) is 49.8 Å². The number of fused-ring (bicyclic) bond motifs is 1. The summed E-state index contributed by atoms with van der Waals surface area (Å²) in [5.74, 6) is -0.590. The highest BCUT2D eigenvalue weighted by Crippen LogP contribution is 2.40. The zero-order valence-electron chi connectivity index (χ0n) is 12.0. The van der Waals surface area contributed by atoms with Crippen LogP contribution in [-0.2, 0) is 16.1 Å². The number of hydrogen-bond donors (Lipinski definition) is 1. The summed E-state index contributed by atoms with van der Waals surface area (Å²) in [6.07, 6.45) is 0. The first kappa shape index (κ1) is 14.5. The first-order valence-corrected chi connectivity index (χ1v) is 7.58. The Morgan fingerprint density at radius 2 is 1.82 bits per heavy atom. The zero-order valence-corrected chi connectivity index (χ0v) is 12.8. The molecule has 1 heterocycles. The first-order valence-electron chi connectivity index (χ1n) is 6.81. The highest BCUT2D eigenvalue weighted by Gasteiger charge is 2.31. The summed E-state index contributed by atoms with van der Waals surface area (Å²) in [7, 11) is 1.31. The zero-order chi connectivity index (χ0) is 15.5. The Kier molecular flexibility index (Phi) is 4.06. The van der Waals surface area contributed by atoms with Crippen molar-refractivity contribution in [1.82, 2.24) is 4.31 Å². The summed E-state index contributed by atoms with van der Waals surface area (Å²) in [6, 6.07) is 17.2. The molecule has 0 spiro atoms. The third-order valence-corrected chi connectivity index (χ3v) is 4.46. The molecule has 0 fully saturated rings. The van der Waals surface area contributed by atoms with Crippen LogP contribution in [0.15, 0.2) is 65.2 Å². The van der Waals surface area contributed by atoms with Gasteiger partial charge in [-0.15, -0.1) is 0 Å². The molecular formula is C17H15NO3S. The summed E-state index contributed by atoms with van der Waals surface area (Å²) < 4.78 is 6.59. The number of methoxy groups -OCH3 is 1. The molecule has 112 valence electrons. The van der Waals surface area contributed by atoms with Gasteiger partial charge in [0.25, 0.3) is 0 Å². The number of benzene rings is 2. The molecule has 3 rings (SSSR count). The van der Waals surface area contributed by atoms with E-state index in [0.717, 1.165) is 10.5 Å². The largest absolute Gasteiger partial charge is 0.505 e. The van der Waals surface area contributed by atoms with Crippen molar-refractivity contribution in [3.05, 3.63) is 71.4 Å². The number of rotatable bonds is 3. The number of esters is 1. The number of carbonyl (C=O) groups is 1. The van der Waals surface area contributed by atoms with Gasteiger partial charge < -0.3 is 9.84 Å². The van der Waals surface area contributed by atoms with E-state index in [-0.39, 0.29) is 11.5 Å². The second-order valence-corrected chi connectivity index (χ2v) is 5.86. The summed E-state index contributed by atoms with van der Waals surface area (Å²) in [5.41, 5.74) is 1.87. The molecular weight excluding hydrogens is 298 g/mol. The normalized spacial score (nSPS) is 13.8. The Hall–Kier alpha value is -2.40. The number of aliphatic hydroxyl groups excluding tert-OH is 1. The lowest BCUT2D eigenvalue weighted by molar-refractivity contribution is -0.137. The van der Waals surface area contributed by atoms with Crippen LogP contribution < -0.4 is 0 Å². The van der Waals surface area contributed by atoms with E-state index in [9.17, 15) is 9.90 Å². The van der Waals surface area contributed by atoms with Gasteiger partial charge in [-0.2, -0.15) is 0 Å². The van der Waals surface area contributed by atoms with E-state index >= 15 is 0 Å². The fraction of sp³-hybridized carbons (Fsp3) is 0.118. The number of carbonyl (C=O) groups excluding carboxylic acids is 1.